The van der Waals surface area contributed by atoms with Gasteiger partial charge in [-0.3, -0.25) is 9.59 Å². The molecular formula is C50H49N3O4. The summed E-state index contributed by atoms with van der Waals surface area (Å²) < 4.78 is 12.4. The number of hydrogen-bond donors (Lipinski definition) is 1. The highest BCUT2D eigenvalue weighted by molar-refractivity contribution is 6.04. The summed E-state index contributed by atoms with van der Waals surface area (Å²) in [5.74, 6) is 2.17. The molecule has 0 aliphatic carbocycles. The average molecular weight is 756 g/mol. The van der Waals surface area contributed by atoms with Crippen molar-refractivity contribution in [3.8, 4) is 22.6 Å². The second kappa shape index (κ2) is 17.6. The molecule has 0 bridgehead atoms. The lowest BCUT2D eigenvalue weighted by Gasteiger charge is -2.34. The molecule has 2 aliphatic heterocycles. The van der Waals surface area contributed by atoms with E-state index < -0.39 is 0 Å². The van der Waals surface area contributed by atoms with Gasteiger partial charge >= 0.3 is 0 Å². The fourth-order valence-electron chi connectivity index (χ4n) is 7.82. The summed E-state index contributed by atoms with van der Waals surface area (Å²) in [7, 11) is 0. The van der Waals surface area contributed by atoms with Crippen molar-refractivity contribution in [2.75, 3.05) is 36.4 Å². The molecule has 0 atom stereocenters. The molecular weight excluding hydrogens is 707 g/mol. The normalized spacial score (nSPS) is 14.9. The Morgan fingerprint density at radius 1 is 0.632 bits per heavy atom. The summed E-state index contributed by atoms with van der Waals surface area (Å²) >= 11 is 0. The number of carbonyl (C=O) groups excluding carboxylic acids is 2. The van der Waals surface area contributed by atoms with E-state index >= 15 is 0 Å². The maximum atomic E-state index is 13.2. The highest BCUT2D eigenvalue weighted by Crippen LogP contribution is 2.32. The number of piperidine rings is 2. The third-order valence-corrected chi connectivity index (χ3v) is 11.2. The standard InChI is InChI=1S/C50H49N3O4/c1-36-10-14-43(15-11-36)50(55)53-32-28-48(29-33-53)57-47-22-12-37(13-23-47)35-56-46-24-20-40(21-25-46)39-16-18-42(19-17-39)49(54)51-44-8-5-9-45(34-44)52-30-26-41(27-31-52)38-6-3-2-4-7-38/h2-25,34,41,48H,26-33,35H2,1H3,(H,51,54). The zero-order valence-electron chi connectivity index (χ0n) is 32.5. The predicted octanol–water partition coefficient (Wildman–Crippen LogP) is 10.6. The molecule has 0 aromatic heterocycles. The molecule has 2 aliphatic rings. The Bertz CT molecular complexity index is 2240. The summed E-state index contributed by atoms with van der Waals surface area (Å²) in [6, 6.07) is 50.5. The number of nitrogens with zero attached hydrogens (tertiary/aromatic N) is 2. The van der Waals surface area contributed by atoms with Gasteiger partial charge in [-0.05, 0) is 115 Å². The lowest BCUT2D eigenvalue weighted by molar-refractivity contribution is 0.0595. The maximum absolute atomic E-state index is 13.2. The number of likely N-dealkylation sites (tertiary alicyclic amines) is 1. The van der Waals surface area contributed by atoms with Crippen LogP contribution in [0.25, 0.3) is 11.1 Å². The maximum Gasteiger partial charge on any atom is 0.255 e. The van der Waals surface area contributed by atoms with Crippen LogP contribution in [0.4, 0.5) is 11.4 Å². The van der Waals surface area contributed by atoms with Gasteiger partial charge in [-0.15, -0.1) is 0 Å². The molecule has 2 fully saturated rings. The summed E-state index contributed by atoms with van der Waals surface area (Å²) in [6.45, 7) is 5.85. The molecule has 7 nitrogen and oxygen atoms in total. The predicted molar refractivity (Wildman–Crippen MR) is 228 cm³/mol. The van der Waals surface area contributed by atoms with Crippen molar-refractivity contribution in [3.05, 3.63) is 179 Å². The molecule has 288 valence electrons. The van der Waals surface area contributed by atoms with Crippen LogP contribution < -0.4 is 19.7 Å². The lowest BCUT2D eigenvalue weighted by atomic mass is 9.89. The Balaban J connectivity index is 0.776. The van der Waals surface area contributed by atoms with E-state index in [-0.39, 0.29) is 17.9 Å². The minimum absolute atomic E-state index is 0.0863. The van der Waals surface area contributed by atoms with E-state index in [9.17, 15) is 9.59 Å². The number of carbonyl (C=O) groups is 2. The second-order valence-corrected chi connectivity index (χ2v) is 15.2. The first-order valence-electron chi connectivity index (χ1n) is 20.1. The van der Waals surface area contributed by atoms with Crippen LogP contribution in [0.15, 0.2) is 152 Å². The number of aryl methyl sites for hydroxylation is 1. The van der Waals surface area contributed by atoms with Crippen molar-refractivity contribution in [1.29, 1.82) is 0 Å². The molecule has 6 aromatic rings. The summed E-state index contributed by atoms with van der Waals surface area (Å²) in [5, 5.41) is 3.10. The Kier molecular flexibility index (Phi) is 11.6. The third-order valence-electron chi connectivity index (χ3n) is 11.2. The topological polar surface area (TPSA) is 71.1 Å². The minimum Gasteiger partial charge on any atom is -0.490 e. The summed E-state index contributed by atoms with van der Waals surface area (Å²) in [4.78, 5) is 30.4. The van der Waals surface area contributed by atoms with Gasteiger partial charge < -0.3 is 24.6 Å². The van der Waals surface area contributed by atoms with Gasteiger partial charge in [0.25, 0.3) is 11.8 Å². The van der Waals surface area contributed by atoms with Crippen LogP contribution in [0.3, 0.4) is 0 Å². The quantitative estimate of drug-likeness (QED) is 0.143. The van der Waals surface area contributed by atoms with Gasteiger partial charge in [-0.2, -0.15) is 0 Å². The highest BCUT2D eigenvalue weighted by atomic mass is 16.5. The molecule has 2 saturated heterocycles. The summed E-state index contributed by atoms with van der Waals surface area (Å²) in [6.07, 6.45) is 3.95. The van der Waals surface area contributed by atoms with E-state index in [1.54, 1.807) is 0 Å². The van der Waals surface area contributed by atoms with E-state index in [4.69, 9.17) is 9.47 Å². The van der Waals surface area contributed by atoms with Crippen molar-refractivity contribution in [1.82, 2.24) is 4.90 Å². The SMILES string of the molecule is Cc1ccc(C(=O)N2CCC(Oc3ccc(COc4ccc(-c5ccc(C(=O)Nc6cccc(N7CCC(c8ccccc8)CC7)c6)cc5)cc4)cc3)CC2)cc1. The number of anilines is 2. The Hall–Kier alpha value is -6.34. The summed E-state index contributed by atoms with van der Waals surface area (Å²) in [5.41, 5.74) is 8.99. The first kappa shape index (κ1) is 37.6. The van der Waals surface area contributed by atoms with E-state index in [0.29, 0.717) is 31.2 Å². The van der Waals surface area contributed by atoms with Gasteiger partial charge in [-0.1, -0.05) is 90.5 Å². The minimum atomic E-state index is -0.127. The molecule has 0 radical (unpaired) electrons. The molecule has 0 saturated carbocycles. The van der Waals surface area contributed by atoms with Crippen molar-refractivity contribution in [2.45, 2.75) is 51.2 Å². The van der Waals surface area contributed by atoms with Crippen LogP contribution in [0, 0.1) is 6.92 Å². The smallest absolute Gasteiger partial charge is 0.255 e. The first-order chi connectivity index (χ1) is 27.9. The van der Waals surface area contributed by atoms with E-state index in [1.807, 2.05) is 121 Å². The Morgan fingerprint density at radius 3 is 1.95 bits per heavy atom. The third kappa shape index (κ3) is 9.55. The van der Waals surface area contributed by atoms with E-state index in [0.717, 1.165) is 89.5 Å². The van der Waals surface area contributed by atoms with Crippen molar-refractivity contribution in [2.24, 2.45) is 0 Å². The van der Waals surface area contributed by atoms with Crippen LogP contribution in [0.1, 0.15) is 69.0 Å². The van der Waals surface area contributed by atoms with Gasteiger partial charge in [-0.25, -0.2) is 0 Å². The van der Waals surface area contributed by atoms with Crippen molar-refractivity contribution >= 4 is 23.2 Å². The fraction of sp³-hybridized carbons (Fsp3) is 0.240. The van der Waals surface area contributed by atoms with E-state index in [2.05, 4.69) is 52.7 Å². The van der Waals surface area contributed by atoms with Gasteiger partial charge in [0.05, 0.1) is 0 Å². The molecule has 0 spiro atoms. The van der Waals surface area contributed by atoms with Gasteiger partial charge in [0.2, 0.25) is 0 Å². The van der Waals surface area contributed by atoms with Crippen molar-refractivity contribution < 1.29 is 19.1 Å². The van der Waals surface area contributed by atoms with Crippen LogP contribution in [-0.2, 0) is 6.61 Å². The van der Waals surface area contributed by atoms with E-state index in [1.165, 1.54) is 5.56 Å². The highest BCUT2D eigenvalue weighted by Gasteiger charge is 2.25. The number of hydrogen-bond acceptors (Lipinski definition) is 5. The molecule has 2 heterocycles. The molecule has 6 aromatic carbocycles. The zero-order valence-corrected chi connectivity index (χ0v) is 32.5. The van der Waals surface area contributed by atoms with Gasteiger partial charge in [0.1, 0.15) is 24.2 Å². The second-order valence-electron chi connectivity index (χ2n) is 15.2. The van der Waals surface area contributed by atoms with Crippen molar-refractivity contribution in [3.63, 3.8) is 0 Å². The Labute approximate surface area is 335 Å². The largest absolute Gasteiger partial charge is 0.490 e. The molecule has 7 heteroatoms. The average Bonchev–Trinajstić information content (AvgIpc) is 3.27. The molecule has 1 N–H and O–H groups in total. The van der Waals surface area contributed by atoms with Crippen LogP contribution >= 0.6 is 0 Å². The number of rotatable bonds is 11. The Morgan fingerprint density at radius 2 is 1.26 bits per heavy atom. The van der Waals surface area contributed by atoms with Gasteiger partial charge in [0.15, 0.2) is 0 Å². The van der Waals surface area contributed by atoms with Gasteiger partial charge in [0, 0.05) is 61.5 Å². The number of nitrogens with one attached hydrogen (secondary N) is 1. The number of benzene rings is 6. The molecule has 0 unspecified atom stereocenters. The fourth-order valence-corrected chi connectivity index (χ4v) is 7.82. The van der Waals surface area contributed by atoms with Crippen LogP contribution in [-0.4, -0.2) is 49.0 Å². The first-order valence-corrected chi connectivity index (χ1v) is 20.1. The lowest BCUT2D eigenvalue weighted by Crippen LogP contribution is -2.41. The number of amides is 2. The zero-order chi connectivity index (χ0) is 39.0. The molecule has 8 rings (SSSR count). The molecule has 57 heavy (non-hydrogen) atoms. The van der Waals surface area contributed by atoms with Crippen LogP contribution in [0.2, 0.25) is 0 Å². The number of ether oxygens (including phenoxy) is 2. The molecule has 2 amide bonds. The monoisotopic (exact) mass is 755 g/mol. The van der Waals surface area contributed by atoms with Crippen LogP contribution in [0.5, 0.6) is 11.5 Å².